The van der Waals surface area contributed by atoms with Crippen LogP contribution in [0.3, 0.4) is 0 Å². The zero-order chi connectivity index (χ0) is 11.1. The lowest BCUT2D eigenvalue weighted by molar-refractivity contribution is 0.413. The molecule has 1 aliphatic rings. The highest BCUT2D eigenvalue weighted by Gasteiger charge is 2.21. The maximum Gasteiger partial charge on any atom is 0.144 e. The molecule has 1 aromatic carbocycles. The molecule has 2 aromatic rings. The van der Waals surface area contributed by atoms with Gasteiger partial charge in [-0.25, -0.2) is 4.98 Å². The quantitative estimate of drug-likeness (QED) is 0.783. The Hall–Kier alpha value is -1.55. The summed E-state index contributed by atoms with van der Waals surface area (Å²) in [4.78, 5) is 4.62. The summed E-state index contributed by atoms with van der Waals surface area (Å²) in [5, 5.41) is 0. The van der Waals surface area contributed by atoms with E-state index < -0.39 is 0 Å². The number of ether oxygens (including phenoxy) is 1. The molecule has 0 aliphatic carbocycles. The first kappa shape index (κ1) is 9.66. The first-order valence-corrected chi connectivity index (χ1v) is 5.57. The Bertz CT molecular complexity index is 532. The smallest absolute Gasteiger partial charge is 0.144 e. The molecule has 1 aliphatic heterocycles. The number of aryl methyl sites for hydroxylation is 1. The van der Waals surface area contributed by atoms with Crippen LogP contribution in [-0.2, 0) is 13.0 Å². The van der Waals surface area contributed by atoms with E-state index in [4.69, 9.17) is 10.5 Å². The molecule has 84 valence electrons. The highest BCUT2D eigenvalue weighted by molar-refractivity contribution is 5.82. The van der Waals surface area contributed by atoms with Crippen molar-refractivity contribution < 1.29 is 4.74 Å². The van der Waals surface area contributed by atoms with Crippen LogP contribution in [-0.4, -0.2) is 22.7 Å². The number of fused-ring (bicyclic) bond motifs is 3. The summed E-state index contributed by atoms with van der Waals surface area (Å²) in [6.07, 6.45) is 1.87. The maximum absolute atomic E-state index is 5.96. The second-order valence-corrected chi connectivity index (χ2v) is 4.26. The lowest BCUT2D eigenvalue weighted by Crippen LogP contribution is -2.30. The second kappa shape index (κ2) is 3.49. The molecule has 4 heteroatoms. The predicted octanol–water partition coefficient (Wildman–Crippen LogP) is 1.32. The Morgan fingerprint density at radius 2 is 2.38 bits per heavy atom. The van der Waals surface area contributed by atoms with E-state index in [1.807, 2.05) is 18.2 Å². The summed E-state index contributed by atoms with van der Waals surface area (Å²) in [7, 11) is 1.70. The molecule has 0 radical (unpaired) electrons. The van der Waals surface area contributed by atoms with Crippen molar-refractivity contribution in [3.63, 3.8) is 0 Å². The molecule has 0 spiro atoms. The number of nitrogens with zero attached hydrogens (tertiary/aromatic N) is 2. The zero-order valence-electron chi connectivity index (χ0n) is 9.31. The van der Waals surface area contributed by atoms with Gasteiger partial charge in [0.2, 0.25) is 0 Å². The largest absolute Gasteiger partial charge is 0.494 e. The molecule has 3 rings (SSSR count). The van der Waals surface area contributed by atoms with Crippen molar-refractivity contribution in [2.24, 2.45) is 5.73 Å². The summed E-state index contributed by atoms with van der Waals surface area (Å²) in [6.45, 7) is 0.938. The van der Waals surface area contributed by atoms with Crippen LogP contribution in [0, 0.1) is 0 Å². The molecule has 1 aromatic heterocycles. The Morgan fingerprint density at radius 3 is 3.19 bits per heavy atom. The number of imidazole rings is 1. The molecule has 0 fully saturated rings. The van der Waals surface area contributed by atoms with Crippen molar-refractivity contribution in [2.45, 2.75) is 25.4 Å². The van der Waals surface area contributed by atoms with Crippen molar-refractivity contribution in [1.82, 2.24) is 9.55 Å². The van der Waals surface area contributed by atoms with E-state index in [0.29, 0.717) is 0 Å². The number of aromatic nitrogens is 2. The van der Waals surface area contributed by atoms with Gasteiger partial charge in [-0.15, -0.1) is 0 Å². The summed E-state index contributed by atoms with van der Waals surface area (Å²) in [5.74, 6) is 1.98. The minimum atomic E-state index is 0.246. The lowest BCUT2D eigenvalue weighted by Gasteiger charge is -2.20. The van der Waals surface area contributed by atoms with Gasteiger partial charge in [-0.2, -0.15) is 0 Å². The van der Waals surface area contributed by atoms with Gasteiger partial charge in [-0.3, -0.25) is 0 Å². The van der Waals surface area contributed by atoms with Crippen molar-refractivity contribution in [2.75, 3.05) is 7.11 Å². The monoisotopic (exact) mass is 217 g/mol. The van der Waals surface area contributed by atoms with Crippen LogP contribution < -0.4 is 10.5 Å². The summed E-state index contributed by atoms with van der Waals surface area (Å²) < 4.78 is 7.62. The van der Waals surface area contributed by atoms with E-state index in [1.165, 1.54) is 0 Å². The van der Waals surface area contributed by atoms with E-state index in [2.05, 4.69) is 9.55 Å². The summed E-state index contributed by atoms with van der Waals surface area (Å²) in [5.41, 5.74) is 8.06. The van der Waals surface area contributed by atoms with Gasteiger partial charge in [0.25, 0.3) is 0 Å². The van der Waals surface area contributed by atoms with Gasteiger partial charge in [0.05, 0.1) is 12.6 Å². The van der Waals surface area contributed by atoms with Gasteiger partial charge < -0.3 is 15.0 Å². The highest BCUT2D eigenvalue weighted by Crippen LogP contribution is 2.29. The van der Waals surface area contributed by atoms with Crippen LogP contribution >= 0.6 is 0 Å². The van der Waals surface area contributed by atoms with E-state index in [9.17, 15) is 0 Å². The average molecular weight is 217 g/mol. The first-order chi connectivity index (χ1) is 7.79. The van der Waals surface area contributed by atoms with E-state index >= 15 is 0 Å². The van der Waals surface area contributed by atoms with Crippen molar-refractivity contribution >= 4 is 11.0 Å². The molecular weight excluding hydrogens is 202 g/mol. The van der Waals surface area contributed by atoms with Crippen LogP contribution in [0.4, 0.5) is 0 Å². The molecule has 2 N–H and O–H groups in total. The molecule has 0 saturated heterocycles. The third-order valence-corrected chi connectivity index (χ3v) is 3.20. The van der Waals surface area contributed by atoms with Crippen molar-refractivity contribution in [3.8, 4) is 5.75 Å². The molecule has 0 saturated carbocycles. The van der Waals surface area contributed by atoms with Crippen molar-refractivity contribution in [3.05, 3.63) is 24.0 Å². The van der Waals surface area contributed by atoms with Crippen molar-refractivity contribution in [1.29, 1.82) is 0 Å². The van der Waals surface area contributed by atoms with E-state index in [-0.39, 0.29) is 6.04 Å². The Balaban J connectivity index is 2.26. The van der Waals surface area contributed by atoms with Gasteiger partial charge in [-0.05, 0) is 18.6 Å². The third kappa shape index (κ3) is 1.30. The number of para-hydroxylation sites is 1. The SMILES string of the molecule is COc1cccc2nc3n(c12)CCC(N)C3. The van der Waals surface area contributed by atoms with Gasteiger partial charge in [0.15, 0.2) is 0 Å². The fraction of sp³-hybridized carbons (Fsp3) is 0.417. The number of benzene rings is 1. The van der Waals surface area contributed by atoms with E-state index in [1.54, 1.807) is 7.11 Å². The number of rotatable bonds is 1. The molecule has 1 atom stereocenters. The number of nitrogens with two attached hydrogens (primary N) is 1. The highest BCUT2D eigenvalue weighted by atomic mass is 16.5. The molecule has 1 unspecified atom stereocenters. The topological polar surface area (TPSA) is 53.1 Å². The number of methoxy groups -OCH3 is 1. The Morgan fingerprint density at radius 1 is 1.50 bits per heavy atom. The van der Waals surface area contributed by atoms with E-state index in [0.717, 1.165) is 42.0 Å². The van der Waals surface area contributed by atoms with Gasteiger partial charge in [-0.1, -0.05) is 6.07 Å². The minimum absolute atomic E-state index is 0.246. The molecule has 0 bridgehead atoms. The van der Waals surface area contributed by atoms with Gasteiger partial charge >= 0.3 is 0 Å². The Kier molecular flexibility index (Phi) is 2.11. The Labute approximate surface area is 94.0 Å². The van der Waals surface area contributed by atoms with Crippen LogP contribution in [0.1, 0.15) is 12.2 Å². The number of hydrogen-bond donors (Lipinski definition) is 1. The van der Waals surface area contributed by atoms with Crippen LogP contribution in [0.2, 0.25) is 0 Å². The molecule has 4 nitrogen and oxygen atoms in total. The second-order valence-electron chi connectivity index (χ2n) is 4.26. The molecular formula is C12H15N3O. The fourth-order valence-corrected chi connectivity index (χ4v) is 2.39. The molecule has 2 heterocycles. The maximum atomic E-state index is 5.96. The summed E-state index contributed by atoms with van der Waals surface area (Å²) in [6, 6.07) is 6.22. The van der Waals surface area contributed by atoms with Gasteiger partial charge in [0, 0.05) is 19.0 Å². The zero-order valence-corrected chi connectivity index (χ0v) is 9.31. The molecule has 0 amide bonds. The van der Waals surface area contributed by atoms with Crippen LogP contribution in [0.15, 0.2) is 18.2 Å². The predicted molar refractivity (Wildman–Crippen MR) is 62.6 cm³/mol. The number of hydrogen-bond acceptors (Lipinski definition) is 3. The van der Waals surface area contributed by atoms with Crippen LogP contribution in [0.25, 0.3) is 11.0 Å². The lowest BCUT2D eigenvalue weighted by atomic mass is 10.1. The van der Waals surface area contributed by atoms with Crippen LogP contribution in [0.5, 0.6) is 5.75 Å². The fourth-order valence-electron chi connectivity index (χ4n) is 2.39. The molecule has 16 heavy (non-hydrogen) atoms. The average Bonchev–Trinajstić information content (AvgIpc) is 2.65. The normalized spacial score (nSPS) is 19.8. The summed E-state index contributed by atoms with van der Waals surface area (Å²) >= 11 is 0. The third-order valence-electron chi connectivity index (χ3n) is 3.20. The van der Waals surface area contributed by atoms with Gasteiger partial charge in [0.1, 0.15) is 17.1 Å². The minimum Gasteiger partial charge on any atom is -0.494 e. The first-order valence-electron chi connectivity index (χ1n) is 5.57. The standard InChI is InChI=1S/C12H15N3O/c1-16-10-4-2-3-9-12(10)15-6-5-8(13)7-11(15)14-9/h2-4,8H,5-7,13H2,1H3.